The van der Waals surface area contributed by atoms with E-state index in [4.69, 9.17) is 4.74 Å². The fourth-order valence-electron chi connectivity index (χ4n) is 2.80. The van der Waals surface area contributed by atoms with Crippen LogP contribution in [0.5, 0.6) is 5.75 Å². The molecule has 1 saturated heterocycles. The van der Waals surface area contributed by atoms with E-state index in [-0.39, 0.29) is 0 Å². The summed E-state index contributed by atoms with van der Waals surface area (Å²) in [7, 11) is 0. The van der Waals surface area contributed by atoms with Gasteiger partial charge in [-0.15, -0.1) is 0 Å². The normalized spacial score (nSPS) is 16.5. The van der Waals surface area contributed by atoms with Crippen LogP contribution < -0.4 is 10.1 Å². The summed E-state index contributed by atoms with van der Waals surface area (Å²) in [6.07, 6.45) is 6.64. The van der Waals surface area contributed by atoms with Crippen LogP contribution in [-0.4, -0.2) is 37.7 Å². The molecule has 1 aliphatic heterocycles. The minimum absolute atomic E-state index is 0.694. The van der Waals surface area contributed by atoms with Crippen LogP contribution in [0.15, 0.2) is 24.3 Å². The molecule has 0 saturated carbocycles. The van der Waals surface area contributed by atoms with Gasteiger partial charge in [0.05, 0.1) is 6.61 Å². The minimum atomic E-state index is 0.694. The number of hydrogen-bond acceptors (Lipinski definition) is 3. The van der Waals surface area contributed by atoms with Crippen LogP contribution in [0.1, 0.15) is 46.0 Å². The molecule has 1 fully saturated rings. The summed E-state index contributed by atoms with van der Waals surface area (Å²) in [5.74, 6) is 1.67. The number of nitrogens with one attached hydrogen (secondary N) is 1. The van der Waals surface area contributed by atoms with Gasteiger partial charge in [-0.25, -0.2) is 0 Å². The monoisotopic (exact) mass is 304 g/mol. The largest absolute Gasteiger partial charge is 0.494 e. The van der Waals surface area contributed by atoms with Gasteiger partial charge in [0.1, 0.15) is 5.75 Å². The third-order valence-electron chi connectivity index (χ3n) is 4.27. The molecule has 0 radical (unpaired) electrons. The van der Waals surface area contributed by atoms with Crippen molar-refractivity contribution in [2.24, 2.45) is 5.92 Å². The Hall–Kier alpha value is -1.22. The van der Waals surface area contributed by atoms with Gasteiger partial charge in [0.25, 0.3) is 0 Å². The average molecular weight is 304 g/mol. The highest BCUT2D eigenvalue weighted by Crippen LogP contribution is 2.16. The molecule has 2 rings (SSSR count). The second-order valence-electron chi connectivity index (χ2n) is 6.74. The van der Waals surface area contributed by atoms with E-state index in [1.165, 1.54) is 44.5 Å². The van der Waals surface area contributed by atoms with Crippen molar-refractivity contribution in [1.29, 1.82) is 0 Å². The maximum atomic E-state index is 5.75. The van der Waals surface area contributed by atoms with Crippen LogP contribution in [0.3, 0.4) is 0 Å². The maximum absolute atomic E-state index is 5.75. The average Bonchev–Trinajstić information content (AvgIpc) is 2.77. The standard InChI is InChI=1S/C19H32N2O/c1-17(2)11-16-22-19-9-7-18(8-10-19)20-12-15-21-13-5-3-4-6-14-21/h7-10,17,20H,3-6,11-16H2,1-2H3. The molecule has 1 aromatic carbocycles. The first kappa shape index (κ1) is 17.1. The van der Waals surface area contributed by atoms with E-state index < -0.39 is 0 Å². The predicted molar refractivity (Wildman–Crippen MR) is 94.8 cm³/mol. The number of ether oxygens (including phenoxy) is 1. The first-order chi connectivity index (χ1) is 10.7. The lowest BCUT2D eigenvalue weighted by atomic mass is 10.1. The Morgan fingerprint density at radius 3 is 2.36 bits per heavy atom. The Labute approximate surface area is 136 Å². The van der Waals surface area contributed by atoms with Gasteiger partial charge in [0, 0.05) is 18.8 Å². The van der Waals surface area contributed by atoms with Crippen LogP contribution in [0.2, 0.25) is 0 Å². The van der Waals surface area contributed by atoms with Crippen molar-refractivity contribution < 1.29 is 4.74 Å². The molecule has 3 nitrogen and oxygen atoms in total. The van der Waals surface area contributed by atoms with Crippen molar-refractivity contribution in [3.63, 3.8) is 0 Å². The molecule has 3 heteroatoms. The molecule has 0 bridgehead atoms. The van der Waals surface area contributed by atoms with Gasteiger partial charge in [0.2, 0.25) is 0 Å². The van der Waals surface area contributed by atoms with E-state index in [1.54, 1.807) is 0 Å². The number of likely N-dealkylation sites (tertiary alicyclic amines) is 1. The Bertz CT molecular complexity index is 394. The van der Waals surface area contributed by atoms with Crippen LogP contribution >= 0.6 is 0 Å². The van der Waals surface area contributed by atoms with Gasteiger partial charge >= 0.3 is 0 Å². The highest BCUT2D eigenvalue weighted by molar-refractivity contribution is 5.46. The van der Waals surface area contributed by atoms with Crippen molar-refractivity contribution in [2.45, 2.75) is 46.0 Å². The summed E-state index contributed by atoms with van der Waals surface area (Å²) >= 11 is 0. The van der Waals surface area contributed by atoms with Crippen molar-refractivity contribution in [2.75, 3.05) is 38.1 Å². The number of nitrogens with zero attached hydrogens (tertiary/aromatic N) is 1. The van der Waals surface area contributed by atoms with Gasteiger partial charge in [-0.05, 0) is 62.5 Å². The van der Waals surface area contributed by atoms with E-state index in [9.17, 15) is 0 Å². The fraction of sp³-hybridized carbons (Fsp3) is 0.684. The highest BCUT2D eigenvalue weighted by Gasteiger charge is 2.07. The summed E-state index contributed by atoms with van der Waals surface area (Å²) in [6, 6.07) is 8.36. The Kier molecular flexibility index (Phi) is 7.58. The predicted octanol–water partition coefficient (Wildman–Crippen LogP) is 4.40. The van der Waals surface area contributed by atoms with E-state index in [2.05, 4.69) is 48.3 Å². The zero-order valence-corrected chi connectivity index (χ0v) is 14.3. The molecule has 1 aromatic rings. The van der Waals surface area contributed by atoms with E-state index in [0.717, 1.165) is 31.9 Å². The lowest BCUT2D eigenvalue weighted by Crippen LogP contribution is -2.29. The van der Waals surface area contributed by atoms with Crippen LogP contribution in [0.25, 0.3) is 0 Å². The molecule has 22 heavy (non-hydrogen) atoms. The topological polar surface area (TPSA) is 24.5 Å². The van der Waals surface area contributed by atoms with E-state index in [0.29, 0.717) is 5.92 Å². The molecular formula is C19H32N2O. The summed E-state index contributed by atoms with van der Waals surface area (Å²) in [4.78, 5) is 2.59. The van der Waals surface area contributed by atoms with E-state index in [1.807, 2.05) is 0 Å². The van der Waals surface area contributed by atoms with Gasteiger partial charge < -0.3 is 15.0 Å². The quantitative estimate of drug-likeness (QED) is 0.770. The highest BCUT2D eigenvalue weighted by atomic mass is 16.5. The molecule has 124 valence electrons. The zero-order valence-electron chi connectivity index (χ0n) is 14.3. The molecule has 1 heterocycles. The molecule has 0 amide bonds. The molecule has 0 unspecified atom stereocenters. The summed E-state index contributed by atoms with van der Waals surface area (Å²) in [6.45, 7) is 9.95. The number of benzene rings is 1. The lowest BCUT2D eigenvalue weighted by molar-refractivity contribution is 0.289. The zero-order chi connectivity index (χ0) is 15.6. The maximum Gasteiger partial charge on any atom is 0.119 e. The van der Waals surface area contributed by atoms with Crippen LogP contribution in [-0.2, 0) is 0 Å². The van der Waals surface area contributed by atoms with Crippen molar-refractivity contribution in [3.8, 4) is 5.75 Å². The van der Waals surface area contributed by atoms with Crippen molar-refractivity contribution in [3.05, 3.63) is 24.3 Å². The lowest BCUT2D eigenvalue weighted by Gasteiger charge is -2.20. The number of rotatable bonds is 8. The smallest absolute Gasteiger partial charge is 0.119 e. The minimum Gasteiger partial charge on any atom is -0.494 e. The van der Waals surface area contributed by atoms with E-state index >= 15 is 0 Å². The first-order valence-corrected chi connectivity index (χ1v) is 8.93. The molecule has 0 aliphatic carbocycles. The number of anilines is 1. The third kappa shape index (κ3) is 6.69. The first-order valence-electron chi connectivity index (χ1n) is 8.93. The van der Waals surface area contributed by atoms with Crippen molar-refractivity contribution >= 4 is 5.69 Å². The molecule has 0 spiro atoms. The second kappa shape index (κ2) is 9.73. The molecular weight excluding hydrogens is 272 g/mol. The Morgan fingerprint density at radius 2 is 1.73 bits per heavy atom. The van der Waals surface area contributed by atoms with Crippen LogP contribution in [0.4, 0.5) is 5.69 Å². The summed E-state index contributed by atoms with van der Waals surface area (Å²) < 4.78 is 5.75. The Balaban J connectivity index is 1.65. The molecule has 1 aliphatic rings. The van der Waals surface area contributed by atoms with Gasteiger partial charge in [0.15, 0.2) is 0 Å². The Morgan fingerprint density at radius 1 is 1.05 bits per heavy atom. The van der Waals surface area contributed by atoms with Crippen LogP contribution in [0, 0.1) is 5.92 Å². The SMILES string of the molecule is CC(C)CCOc1ccc(NCCN2CCCCCC2)cc1. The van der Waals surface area contributed by atoms with Gasteiger partial charge in [-0.3, -0.25) is 0 Å². The molecule has 0 aromatic heterocycles. The summed E-state index contributed by atoms with van der Waals surface area (Å²) in [5.41, 5.74) is 1.19. The molecule has 1 N–H and O–H groups in total. The van der Waals surface area contributed by atoms with Crippen molar-refractivity contribution in [1.82, 2.24) is 4.90 Å². The second-order valence-corrected chi connectivity index (χ2v) is 6.74. The number of hydrogen-bond donors (Lipinski definition) is 1. The molecule has 0 atom stereocenters. The fourth-order valence-corrected chi connectivity index (χ4v) is 2.80. The summed E-state index contributed by atoms with van der Waals surface area (Å²) in [5, 5.41) is 3.52. The van der Waals surface area contributed by atoms with Gasteiger partial charge in [-0.1, -0.05) is 26.7 Å². The van der Waals surface area contributed by atoms with Gasteiger partial charge in [-0.2, -0.15) is 0 Å². The third-order valence-corrected chi connectivity index (χ3v) is 4.27.